The molecule has 0 saturated carbocycles. The van der Waals surface area contributed by atoms with Gasteiger partial charge in [-0.15, -0.1) is 0 Å². The second-order valence-electron chi connectivity index (χ2n) is 9.86. The number of aryl methyl sites for hydroxylation is 2. The van der Waals surface area contributed by atoms with Crippen molar-refractivity contribution in [2.75, 3.05) is 18.0 Å². The first-order valence-electron chi connectivity index (χ1n) is 12.9. The van der Waals surface area contributed by atoms with Crippen LogP contribution >= 0.6 is 11.3 Å². The van der Waals surface area contributed by atoms with Crippen LogP contribution in [-0.4, -0.2) is 54.4 Å². The molecule has 0 aliphatic carbocycles. The van der Waals surface area contributed by atoms with Gasteiger partial charge in [0.15, 0.2) is 0 Å². The second-order valence-corrected chi connectivity index (χ2v) is 11.0. The number of anilines is 1. The average Bonchev–Trinajstić information content (AvgIpc) is 3.51. The number of nitrogens with zero attached hydrogens (tertiary/aromatic N) is 9. The minimum Gasteiger partial charge on any atom is -0.363 e. The van der Waals surface area contributed by atoms with Gasteiger partial charge in [-0.1, -0.05) is 25.2 Å². The van der Waals surface area contributed by atoms with E-state index in [-0.39, 0.29) is 35.8 Å². The van der Waals surface area contributed by atoms with Gasteiger partial charge in [-0.2, -0.15) is 15.6 Å². The molecule has 10 nitrogen and oxygen atoms in total. The summed E-state index contributed by atoms with van der Waals surface area (Å²) >= 11 is 1.61. The Kier molecular flexibility index (Phi) is 6.91. The standard InChI is InChI=1S/C27H31N9OS/c1-6-18-14-36(25-20(12-29)27(37)33(5)23-15-34(11-10-28)32-24(23)25)19(7-2)13-35(18)16(3)21-8-9-22-26(31-21)38-17(4)30-22/h8-9,15-16,18-19H,6-7,11,13-14H2,1-5H3/t16?,18-,19+/m1/s1. The molecule has 38 heavy (non-hydrogen) atoms. The molecule has 5 rings (SSSR count). The maximum Gasteiger partial charge on any atom is 0.271 e. The summed E-state index contributed by atoms with van der Waals surface area (Å²) < 4.78 is 2.99. The Morgan fingerprint density at radius 1 is 1.16 bits per heavy atom. The summed E-state index contributed by atoms with van der Waals surface area (Å²) in [7, 11) is 1.65. The Morgan fingerprint density at radius 3 is 2.61 bits per heavy atom. The highest BCUT2D eigenvalue weighted by Gasteiger charge is 2.38. The largest absolute Gasteiger partial charge is 0.363 e. The van der Waals surface area contributed by atoms with Crippen molar-refractivity contribution in [3.05, 3.63) is 44.9 Å². The zero-order valence-corrected chi connectivity index (χ0v) is 23.2. The van der Waals surface area contributed by atoms with E-state index in [4.69, 9.17) is 4.98 Å². The van der Waals surface area contributed by atoms with E-state index in [1.807, 2.05) is 6.92 Å². The van der Waals surface area contributed by atoms with Crippen molar-refractivity contribution in [2.24, 2.45) is 7.05 Å². The van der Waals surface area contributed by atoms with Crippen molar-refractivity contribution in [3.8, 4) is 12.1 Å². The number of piperazine rings is 1. The minimum atomic E-state index is -0.345. The normalized spacial score (nSPS) is 19.1. The molecule has 0 bridgehead atoms. The molecule has 1 fully saturated rings. The van der Waals surface area contributed by atoms with E-state index in [0.29, 0.717) is 23.3 Å². The van der Waals surface area contributed by atoms with Gasteiger partial charge in [0, 0.05) is 38.3 Å². The lowest BCUT2D eigenvalue weighted by molar-refractivity contribution is 0.0993. The minimum absolute atomic E-state index is 0.0677. The number of hydrogen-bond donors (Lipinski definition) is 0. The molecule has 1 saturated heterocycles. The van der Waals surface area contributed by atoms with Gasteiger partial charge in [0.1, 0.15) is 34.0 Å². The predicted molar refractivity (Wildman–Crippen MR) is 148 cm³/mol. The van der Waals surface area contributed by atoms with Crippen LogP contribution in [0.25, 0.3) is 21.4 Å². The molecule has 0 aromatic carbocycles. The zero-order valence-electron chi connectivity index (χ0n) is 22.3. The Hall–Kier alpha value is -3.80. The number of thiazole rings is 1. The first-order chi connectivity index (χ1) is 18.3. The van der Waals surface area contributed by atoms with Crippen molar-refractivity contribution >= 4 is 38.4 Å². The number of rotatable bonds is 6. The van der Waals surface area contributed by atoms with Crippen LogP contribution in [0, 0.1) is 29.6 Å². The van der Waals surface area contributed by atoms with Crippen LogP contribution in [0.15, 0.2) is 23.1 Å². The molecule has 0 radical (unpaired) electrons. The maximum absolute atomic E-state index is 13.2. The molecule has 1 aliphatic rings. The molecule has 5 heterocycles. The summed E-state index contributed by atoms with van der Waals surface area (Å²) in [6.07, 6.45) is 3.45. The van der Waals surface area contributed by atoms with Crippen molar-refractivity contribution < 1.29 is 0 Å². The Bertz CT molecular complexity index is 1650. The third kappa shape index (κ3) is 4.22. The summed E-state index contributed by atoms with van der Waals surface area (Å²) in [6.45, 7) is 10.00. The summed E-state index contributed by atoms with van der Waals surface area (Å²) in [5, 5.41) is 25.0. The summed E-state index contributed by atoms with van der Waals surface area (Å²) in [5.74, 6) is 0. The molecule has 4 aromatic heterocycles. The fourth-order valence-corrected chi connectivity index (χ4v) is 6.42. The third-order valence-corrected chi connectivity index (χ3v) is 8.59. The highest BCUT2D eigenvalue weighted by molar-refractivity contribution is 7.18. The fraction of sp³-hybridized carbons (Fsp3) is 0.481. The van der Waals surface area contributed by atoms with Gasteiger partial charge < -0.3 is 9.47 Å². The highest BCUT2D eigenvalue weighted by Crippen LogP contribution is 2.36. The van der Waals surface area contributed by atoms with Gasteiger partial charge >= 0.3 is 0 Å². The molecule has 196 valence electrons. The monoisotopic (exact) mass is 529 g/mol. The quantitative estimate of drug-likeness (QED) is 0.369. The van der Waals surface area contributed by atoms with Gasteiger partial charge in [0.25, 0.3) is 5.56 Å². The lowest BCUT2D eigenvalue weighted by Gasteiger charge is -2.49. The number of fused-ring (bicyclic) bond motifs is 2. The summed E-state index contributed by atoms with van der Waals surface area (Å²) in [5.41, 5.74) is 3.50. The molecular weight excluding hydrogens is 498 g/mol. The highest BCUT2D eigenvalue weighted by atomic mass is 32.1. The van der Waals surface area contributed by atoms with E-state index < -0.39 is 0 Å². The van der Waals surface area contributed by atoms with Crippen molar-refractivity contribution in [1.29, 1.82) is 10.5 Å². The topological polar surface area (TPSA) is 120 Å². The predicted octanol–water partition coefficient (Wildman–Crippen LogP) is 3.88. The van der Waals surface area contributed by atoms with E-state index in [9.17, 15) is 15.3 Å². The average molecular weight is 530 g/mol. The smallest absolute Gasteiger partial charge is 0.271 e. The Labute approximate surface area is 225 Å². The number of nitriles is 2. The van der Waals surface area contributed by atoms with Crippen molar-refractivity contribution in [2.45, 2.75) is 65.2 Å². The van der Waals surface area contributed by atoms with E-state index in [0.717, 1.165) is 40.4 Å². The third-order valence-electron chi connectivity index (χ3n) is 7.71. The molecule has 3 atom stereocenters. The van der Waals surface area contributed by atoms with E-state index in [2.05, 4.69) is 64.9 Å². The molecule has 11 heteroatoms. The van der Waals surface area contributed by atoms with E-state index in [1.54, 1.807) is 24.6 Å². The maximum atomic E-state index is 13.2. The van der Waals surface area contributed by atoms with Crippen LogP contribution in [0.3, 0.4) is 0 Å². The molecule has 4 aromatic rings. The molecule has 1 aliphatic heterocycles. The fourth-order valence-electron chi connectivity index (χ4n) is 5.63. The number of hydrogen-bond acceptors (Lipinski definition) is 9. The summed E-state index contributed by atoms with van der Waals surface area (Å²) in [4.78, 5) is 28.4. The number of aromatic nitrogens is 5. The van der Waals surface area contributed by atoms with E-state index >= 15 is 0 Å². The molecular formula is C27H31N9OS. The first-order valence-corrected chi connectivity index (χ1v) is 13.8. The zero-order chi connectivity index (χ0) is 27.1. The van der Waals surface area contributed by atoms with Crippen LogP contribution in [0.4, 0.5) is 5.69 Å². The molecule has 1 unspecified atom stereocenters. The van der Waals surface area contributed by atoms with Gasteiger partial charge in [0.05, 0.1) is 34.2 Å². The second kappa shape index (κ2) is 10.2. The summed E-state index contributed by atoms with van der Waals surface area (Å²) in [6, 6.07) is 8.76. The van der Waals surface area contributed by atoms with Gasteiger partial charge in [-0.05, 0) is 38.8 Å². The van der Waals surface area contributed by atoms with Crippen LogP contribution in [-0.2, 0) is 13.6 Å². The van der Waals surface area contributed by atoms with Crippen LogP contribution in [0.1, 0.15) is 55.9 Å². The van der Waals surface area contributed by atoms with Crippen LogP contribution in [0.5, 0.6) is 0 Å². The van der Waals surface area contributed by atoms with Gasteiger partial charge in [-0.25, -0.2) is 9.97 Å². The molecule has 0 N–H and O–H groups in total. The van der Waals surface area contributed by atoms with Crippen molar-refractivity contribution in [1.82, 2.24) is 29.2 Å². The lowest BCUT2D eigenvalue weighted by atomic mass is 9.97. The Morgan fingerprint density at radius 2 is 1.92 bits per heavy atom. The molecule has 0 spiro atoms. The van der Waals surface area contributed by atoms with Gasteiger partial charge in [-0.3, -0.25) is 14.4 Å². The van der Waals surface area contributed by atoms with Gasteiger partial charge in [0.2, 0.25) is 0 Å². The van der Waals surface area contributed by atoms with Crippen LogP contribution in [0.2, 0.25) is 0 Å². The SMILES string of the molecule is CC[C@H]1CN(C(C)c2ccc3nc(C)sc3n2)[C@H](CC)CN1c1c(C#N)c(=O)n(C)c2cn(CC#N)nc12. The molecule has 0 amide bonds. The lowest BCUT2D eigenvalue weighted by Crippen LogP contribution is -2.59. The van der Waals surface area contributed by atoms with Crippen molar-refractivity contribution in [3.63, 3.8) is 0 Å². The first kappa shape index (κ1) is 25.8. The van der Waals surface area contributed by atoms with Crippen LogP contribution < -0.4 is 10.5 Å². The van der Waals surface area contributed by atoms with E-state index in [1.165, 1.54) is 9.25 Å². The Balaban J connectivity index is 1.57. The number of pyridine rings is 2.